The van der Waals surface area contributed by atoms with Gasteiger partial charge in [-0.3, -0.25) is 4.21 Å². The Labute approximate surface area is 102 Å². The summed E-state index contributed by atoms with van der Waals surface area (Å²) in [6, 6.07) is 4.51. The van der Waals surface area contributed by atoms with Crippen LogP contribution in [-0.2, 0) is 10.8 Å². The molecule has 0 saturated carbocycles. The molecule has 0 amide bonds. The number of rotatable bonds is 6. The van der Waals surface area contributed by atoms with Crippen LogP contribution < -0.4 is 11.1 Å². The van der Waals surface area contributed by atoms with E-state index in [-0.39, 0.29) is 5.56 Å². The normalized spacial score (nSPS) is 12.1. The maximum absolute atomic E-state index is 11.2. The van der Waals surface area contributed by atoms with Gasteiger partial charge in [-0.2, -0.15) is 0 Å². The fourth-order valence-electron chi connectivity index (χ4n) is 1.30. The van der Waals surface area contributed by atoms with Crippen LogP contribution in [0.5, 0.6) is 0 Å². The minimum absolute atomic E-state index is 0.158. The molecule has 0 aliphatic heterocycles. The molecule has 1 aromatic rings. The van der Waals surface area contributed by atoms with E-state index in [2.05, 4.69) is 5.32 Å². The molecule has 0 heterocycles. The molecule has 1 unspecified atom stereocenters. The smallest absolute Gasteiger partial charge is 0.335 e. The number of nitrogen functional groups attached to an aromatic ring is 1. The number of benzene rings is 1. The van der Waals surface area contributed by atoms with Crippen LogP contribution in [0.1, 0.15) is 17.3 Å². The minimum atomic E-state index is -1.00. The summed E-state index contributed by atoms with van der Waals surface area (Å²) >= 11 is 0. The summed E-state index contributed by atoms with van der Waals surface area (Å²) in [5.41, 5.74) is 6.92. The number of carboxylic acid groups (broad SMARTS) is 1. The molecule has 17 heavy (non-hydrogen) atoms. The van der Waals surface area contributed by atoms with Crippen molar-refractivity contribution in [2.75, 3.05) is 29.1 Å². The maximum Gasteiger partial charge on any atom is 0.335 e. The van der Waals surface area contributed by atoms with Crippen LogP contribution in [0.25, 0.3) is 0 Å². The lowest BCUT2D eigenvalue weighted by atomic mass is 10.2. The van der Waals surface area contributed by atoms with Crippen molar-refractivity contribution < 1.29 is 14.1 Å². The molecular formula is C11H16N2O3S. The van der Waals surface area contributed by atoms with Gasteiger partial charge >= 0.3 is 5.97 Å². The van der Waals surface area contributed by atoms with E-state index in [1.165, 1.54) is 12.1 Å². The van der Waals surface area contributed by atoms with Crippen LogP contribution >= 0.6 is 0 Å². The van der Waals surface area contributed by atoms with Crippen molar-refractivity contribution in [1.82, 2.24) is 0 Å². The first-order chi connectivity index (χ1) is 8.04. The molecule has 0 aromatic heterocycles. The standard InChI is InChI=1S/C11H16N2O3S/c1-2-17(16)6-5-13-10-4-3-8(11(14)15)7-9(10)12/h3-4,7,13H,2,5-6,12H2,1H3,(H,14,15). The summed E-state index contributed by atoms with van der Waals surface area (Å²) in [4.78, 5) is 10.7. The topological polar surface area (TPSA) is 92.4 Å². The van der Waals surface area contributed by atoms with E-state index >= 15 is 0 Å². The SMILES string of the molecule is CCS(=O)CCNc1ccc(C(=O)O)cc1N. The van der Waals surface area contributed by atoms with Crippen LogP contribution in [0, 0.1) is 0 Å². The number of aromatic carboxylic acids is 1. The lowest BCUT2D eigenvalue weighted by Gasteiger charge is -2.09. The van der Waals surface area contributed by atoms with Gasteiger partial charge < -0.3 is 16.2 Å². The predicted molar refractivity (Wildman–Crippen MR) is 69.9 cm³/mol. The molecule has 0 bridgehead atoms. The molecule has 0 fully saturated rings. The summed E-state index contributed by atoms with van der Waals surface area (Å²) in [7, 11) is -0.816. The van der Waals surface area contributed by atoms with Crippen molar-refractivity contribution in [2.45, 2.75) is 6.92 Å². The van der Waals surface area contributed by atoms with Crippen molar-refractivity contribution in [3.8, 4) is 0 Å². The van der Waals surface area contributed by atoms with Crippen LogP contribution in [-0.4, -0.2) is 33.3 Å². The number of hydrogen-bond donors (Lipinski definition) is 3. The van der Waals surface area contributed by atoms with Crippen molar-refractivity contribution in [3.05, 3.63) is 23.8 Å². The summed E-state index contributed by atoms with van der Waals surface area (Å²) in [5.74, 6) is 0.182. The van der Waals surface area contributed by atoms with Gasteiger partial charge in [0.25, 0.3) is 0 Å². The summed E-state index contributed by atoms with van der Waals surface area (Å²) in [6.07, 6.45) is 0. The van der Waals surface area contributed by atoms with Crippen LogP contribution in [0.15, 0.2) is 18.2 Å². The molecule has 4 N–H and O–H groups in total. The Morgan fingerprint density at radius 2 is 2.24 bits per heavy atom. The van der Waals surface area contributed by atoms with E-state index in [0.717, 1.165) is 0 Å². The van der Waals surface area contributed by atoms with Crippen LogP contribution in [0.4, 0.5) is 11.4 Å². The molecule has 6 heteroatoms. The van der Waals surface area contributed by atoms with Gasteiger partial charge in [0, 0.05) is 28.9 Å². The second-order valence-corrected chi connectivity index (χ2v) is 5.33. The molecule has 0 saturated heterocycles. The highest BCUT2D eigenvalue weighted by atomic mass is 32.2. The van der Waals surface area contributed by atoms with Crippen molar-refractivity contribution in [2.24, 2.45) is 0 Å². The second-order valence-electron chi connectivity index (χ2n) is 3.47. The number of nitrogens with one attached hydrogen (secondary N) is 1. The highest BCUT2D eigenvalue weighted by molar-refractivity contribution is 7.84. The van der Waals surface area contributed by atoms with Gasteiger partial charge in [0.15, 0.2) is 0 Å². The fraction of sp³-hybridized carbons (Fsp3) is 0.364. The average Bonchev–Trinajstić information content (AvgIpc) is 2.30. The largest absolute Gasteiger partial charge is 0.478 e. The molecule has 94 valence electrons. The average molecular weight is 256 g/mol. The first-order valence-electron chi connectivity index (χ1n) is 5.26. The Hall–Kier alpha value is -1.56. The lowest BCUT2D eigenvalue weighted by molar-refractivity contribution is 0.0697. The second kappa shape index (κ2) is 6.24. The van der Waals surface area contributed by atoms with Gasteiger partial charge in [0.1, 0.15) is 0 Å². The van der Waals surface area contributed by atoms with E-state index < -0.39 is 16.8 Å². The first-order valence-corrected chi connectivity index (χ1v) is 6.75. The molecule has 0 aliphatic rings. The zero-order chi connectivity index (χ0) is 12.8. The Balaban J connectivity index is 2.60. The fourth-order valence-corrected chi connectivity index (χ4v) is 1.92. The third-order valence-corrected chi connectivity index (χ3v) is 3.57. The zero-order valence-electron chi connectivity index (χ0n) is 9.60. The Morgan fingerprint density at radius 3 is 2.76 bits per heavy atom. The molecule has 0 aliphatic carbocycles. The number of hydrogen-bond acceptors (Lipinski definition) is 4. The summed E-state index contributed by atoms with van der Waals surface area (Å²) < 4.78 is 11.2. The maximum atomic E-state index is 11.2. The number of carboxylic acids is 1. The quantitative estimate of drug-likeness (QED) is 0.664. The molecular weight excluding hydrogens is 240 g/mol. The van der Waals surface area contributed by atoms with Gasteiger partial charge in [-0.25, -0.2) is 4.79 Å². The van der Waals surface area contributed by atoms with Gasteiger partial charge in [-0.05, 0) is 18.2 Å². The molecule has 0 radical (unpaired) electrons. The Kier molecular flexibility index (Phi) is 4.96. The van der Waals surface area contributed by atoms with E-state index in [9.17, 15) is 9.00 Å². The lowest BCUT2D eigenvalue weighted by Crippen LogP contribution is -2.13. The molecule has 1 aromatic carbocycles. The third kappa shape index (κ3) is 4.07. The Morgan fingerprint density at radius 1 is 1.53 bits per heavy atom. The van der Waals surface area contributed by atoms with Gasteiger partial charge in [0.05, 0.1) is 16.9 Å². The summed E-state index contributed by atoms with van der Waals surface area (Å²) in [5, 5.41) is 11.8. The summed E-state index contributed by atoms with van der Waals surface area (Å²) in [6.45, 7) is 2.42. The molecule has 1 rings (SSSR count). The third-order valence-electron chi connectivity index (χ3n) is 2.27. The molecule has 1 atom stereocenters. The van der Waals surface area contributed by atoms with E-state index in [4.69, 9.17) is 10.8 Å². The van der Waals surface area contributed by atoms with E-state index in [0.29, 0.717) is 29.4 Å². The number of carbonyl (C=O) groups is 1. The van der Waals surface area contributed by atoms with E-state index in [1.807, 2.05) is 6.92 Å². The van der Waals surface area contributed by atoms with Crippen molar-refractivity contribution in [3.63, 3.8) is 0 Å². The van der Waals surface area contributed by atoms with Crippen molar-refractivity contribution >= 4 is 28.1 Å². The first kappa shape index (κ1) is 13.5. The van der Waals surface area contributed by atoms with Crippen LogP contribution in [0.2, 0.25) is 0 Å². The minimum Gasteiger partial charge on any atom is -0.478 e. The number of anilines is 2. The highest BCUT2D eigenvalue weighted by Gasteiger charge is 2.06. The highest BCUT2D eigenvalue weighted by Crippen LogP contribution is 2.19. The van der Waals surface area contributed by atoms with Gasteiger partial charge in [0.2, 0.25) is 0 Å². The molecule has 5 nitrogen and oxygen atoms in total. The molecule has 0 spiro atoms. The zero-order valence-corrected chi connectivity index (χ0v) is 10.4. The van der Waals surface area contributed by atoms with Gasteiger partial charge in [-0.1, -0.05) is 6.92 Å². The Bertz CT molecular complexity index is 435. The van der Waals surface area contributed by atoms with E-state index in [1.54, 1.807) is 6.07 Å². The number of nitrogens with two attached hydrogens (primary N) is 1. The van der Waals surface area contributed by atoms with Crippen molar-refractivity contribution in [1.29, 1.82) is 0 Å². The predicted octanol–water partition coefficient (Wildman–Crippen LogP) is 1.15. The monoisotopic (exact) mass is 256 g/mol. The van der Waals surface area contributed by atoms with Gasteiger partial charge in [-0.15, -0.1) is 0 Å². The van der Waals surface area contributed by atoms with Crippen LogP contribution in [0.3, 0.4) is 0 Å².